The van der Waals surface area contributed by atoms with Crippen LogP contribution in [0.1, 0.15) is 24.3 Å². The van der Waals surface area contributed by atoms with Gasteiger partial charge in [-0.05, 0) is 23.6 Å². The van der Waals surface area contributed by atoms with Gasteiger partial charge in [0.15, 0.2) is 5.82 Å². The molecule has 2 aromatic heterocycles. The molecule has 3 aromatic rings. The van der Waals surface area contributed by atoms with Crippen LogP contribution in [0.25, 0.3) is 11.6 Å². The lowest BCUT2D eigenvalue weighted by molar-refractivity contribution is 0.371. The van der Waals surface area contributed by atoms with Crippen molar-refractivity contribution in [3.8, 4) is 11.6 Å². The van der Waals surface area contributed by atoms with E-state index in [9.17, 15) is 0 Å². The van der Waals surface area contributed by atoms with Gasteiger partial charge in [-0.15, -0.1) is 0 Å². The summed E-state index contributed by atoms with van der Waals surface area (Å²) < 4.78 is 5.23. The van der Waals surface area contributed by atoms with Crippen LogP contribution in [0.2, 0.25) is 0 Å². The van der Waals surface area contributed by atoms with E-state index in [1.165, 1.54) is 11.9 Å². The number of aromatic nitrogens is 5. The molecule has 0 bridgehead atoms. The summed E-state index contributed by atoms with van der Waals surface area (Å²) in [6, 6.07) is 7.79. The second kappa shape index (κ2) is 5.12. The van der Waals surface area contributed by atoms with E-state index in [0.717, 1.165) is 5.69 Å². The van der Waals surface area contributed by atoms with E-state index in [4.69, 9.17) is 10.3 Å². The second-order valence-electron chi connectivity index (χ2n) is 4.62. The normalized spacial score (nSPS) is 12.4. The van der Waals surface area contributed by atoms with Gasteiger partial charge in [0.25, 0.3) is 0 Å². The first-order chi connectivity index (χ1) is 9.72. The van der Waals surface area contributed by atoms with Gasteiger partial charge in [0.2, 0.25) is 11.7 Å². The van der Waals surface area contributed by atoms with E-state index in [1.54, 1.807) is 0 Å². The Hall–Kier alpha value is -2.70. The highest BCUT2D eigenvalue weighted by Crippen LogP contribution is 2.21. The number of rotatable bonds is 4. The predicted molar refractivity (Wildman–Crippen MR) is 72.6 cm³/mol. The molecule has 0 saturated heterocycles. The van der Waals surface area contributed by atoms with E-state index in [0.29, 0.717) is 24.0 Å². The Morgan fingerprint density at radius 2 is 2.10 bits per heavy atom. The number of nitrogen functional groups attached to an aromatic ring is 1. The molecule has 1 atom stereocenters. The van der Waals surface area contributed by atoms with Gasteiger partial charge in [-0.25, -0.2) is 4.98 Å². The maximum Gasteiger partial charge on any atom is 0.239 e. The highest BCUT2D eigenvalue weighted by Gasteiger charge is 2.14. The van der Waals surface area contributed by atoms with E-state index >= 15 is 0 Å². The lowest BCUT2D eigenvalue weighted by Gasteiger charge is -2.08. The standard InChI is InChI=1S/C13H14N6O/c1-8(9-2-4-10(14)5-3-9)6-11-17-13(19-20-11)12-15-7-16-18-12/h2-5,7-8H,6,14H2,1H3,(H,15,16,18). The summed E-state index contributed by atoms with van der Waals surface area (Å²) in [4.78, 5) is 8.28. The first-order valence-electron chi connectivity index (χ1n) is 6.26. The van der Waals surface area contributed by atoms with E-state index in [1.807, 2.05) is 24.3 Å². The summed E-state index contributed by atoms with van der Waals surface area (Å²) >= 11 is 0. The van der Waals surface area contributed by atoms with Crippen LogP contribution in [-0.4, -0.2) is 25.3 Å². The topological polar surface area (TPSA) is 107 Å². The second-order valence-corrected chi connectivity index (χ2v) is 4.62. The third kappa shape index (κ3) is 2.51. The molecule has 0 aliphatic rings. The summed E-state index contributed by atoms with van der Waals surface area (Å²) in [5.41, 5.74) is 7.61. The van der Waals surface area contributed by atoms with Gasteiger partial charge in [0, 0.05) is 12.1 Å². The minimum Gasteiger partial charge on any atom is -0.399 e. The number of anilines is 1. The number of H-pyrrole nitrogens is 1. The smallest absolute Gasteiger partial charge is 0.239 e. The van der Waals surface area contributed by atoms with E-state index in [-0.39, 0.29) is 5.92 Å². The maximum atomic E-state index is 5.68. The fourth-order valence-electron chi connectivity index (χ4n) is 1.95. The van der Waals surface area contributed by atoms with Crippen LogP contribution in [0.5, 0.6) is 0 Å². The number of hydrogen-bond acceptors (Lipinski definition) is 6. The molecule has 2 heterocycles. The van der Waals surface area contributed by atoms with Gasteiger partial charge in [0.05, 0.1) is 0 Å². The molecule has 102 valence electrons. The molecule has 1 aromatic carbocycles. The van der Waals surface area contributed by atoms with Crippen molar-refractivity contribution in [2.24, 2.45) is 0 Å². The highest BCUT2D eigenvalue weighted by molar-refractivity contribution is 5.41. The van der Waals surface area contributed by atoms with Gasteiger partial charge in [-0.2, -0.15) is 10.1 Å². The fourth-order valence-corrected chi connectivity index (χ4v) is 1.95. The zero-order valence-corrected chi connectivity index (χ0v) is 10.9. The number of benzene rings is 1. The van der Waals surface area contributed by atoms with Crippen molar-refractivity contribution < 1.29 is 4.52 Å². The molecule has 0 fully saturated rings. The van der Waals surface area contributed by atoms with Crippen molar-refractivity contribution in [2.75, 3.05) is 5.73 Å². The third-order valence-corrected chi connectivity index (χ3v) is 3.08. The zero-order chi connectivity index (χ0) is 13.9. The van der Waals surface area contributed by atoms with Crippen LogP contribution >= 0.6 is 0 Å². The predicted octanol–water partition coefficient (Wildman–Crippen LogP) is 1.78. The van der Waals surface area contributed by atoms with Gasteiger partial charge in [-0.1, -0.05) is 24.2 Å². The quantitative estimate of drug-likeness (QED) is 0.700. The minimum atomic E-state index is 0.263. The Labute approximate surface area is 115 Å². The molecule has 7 heteroatoms. The lowest BCUT2D eigenvalue weighted by Crippen LogP contribution is -1.99. The maximum absolute atomic E-state index is 5.68. The number of nitrogens with one attached hydrogen (secondary N) is 1. The summed E-state index contributed by atoms with van der Waals surface area (Å²) in [5.74, 6) is 1.75. The van der Waals surface area contributed by atoms with E-state index in [2.05, 4.69) is 32.2 Å². The Balaban J connectivity index is 1.73. The van der Waals surface area contributed by atoms with Crippen LogP contribution in [0.3, 0.4) is 0 Å². The number of aromatic amines is 1. The van der Waals surface area contributed by atoms with Gasteiger partial charge < -0.3 is 10.3 Å². The average Bonchev–Trinajstić information content (AvgIpc) is 3.09. The number of nitrogens with two attached hydrogens (primary N) is 1. The lowest BCUT2D eigenvalue weighted by atomic mass is 9.98. The zero-order valence-electron chi connectivity index (χ0n) is 10.9. The van der Waals surface area contributed by atoms with Crippen LogP contribution in [0.15, 0.2) is 35.1 Å². The molecule has 0 aliphatic heterocycles. The molecule has 0 spiro atoms. The van der Waals surface area contributed by atoms with Crippen molar-refractivity contribution in [1.82, 2.24) is 25.3 Å². The fraction of sp³-hybridized carbons (Fsp3) is 0.231. The number of nitrogens with zero attached hydrogens (tertiary/aromatic N) is 4. The molecule has 3 rings (SSSR count). The molecule has 20 heavy (non-hydrogen) atoms. The molecular formula is C13H14N6O. The van der Waals surface area contributed by atoms with Crippen LogP contribution in [0, 0.1) is 0 Å². The summed E-state index contributed by atoms with van der Waals surface area (Å²) in [5, 5.41) is 10.3. The average molecular weight is 270 g/mol. The molecular weight excluding hydrogens is 256 g/mol. The highest BCUT2D eigenvalue weighted by atomic mass is 16.5. The number of hydrogen-bond donors (Lipinski definition) is 2. The van der Waals surface area contributed by atoms with Gasteiger partial charge in [-0.3, -0.25) is 5.10 Å². The molecule has 0 aliphatic carbocycles. The van der Waals surface area contributed by atoms with Crippen LogP contribution < -0.4 is 5.73 Å². The van der Waals surface area contributed by atoms with Crippen molar-refractivity contribution >= 4 is 5.69 Å². The Kier molecular flexibility index (Phi) is 3.16. The molecule has 3 N–H and O–H groups in total. The largest absolute Gasteiger partial charge is 0.399 e. The third-order valence-electron chi connectivity index (χ3n) is 3.08. The summed E-state index contributed by atoms with van der Waals surface area (Å²) in [7, 11) is 0. The Morgan fingerprint density at radius 1 is 1.30 bits per heavy atom. The van der Waals surface area contributed by atoms with Crippen molar-refractivity contribution in [1.29, 1.82) is 0 Å². The summed E-state index contributed by atoms with van der Waals surface area (Å²) in [6.07, 6.45) is 2.06. The monoisotopic (exact) mass is 270 g/mol. The minimum absolute atomic E-state index is 0.263. The van der Waals surface area contributed by atoms with Crippen LogP contribution in [0.4, 0.5) is 5.69 Å². The first-order valence-corrected chi connectivity index (χ1v) is 6.26. The molecule has 0 saturated carbocycles. The SMILES string of the molecule is CC(Cc1nc(-c2ncn[nH]2)no1)c1ccc(N)cc1. The molecule has 0 amide bonds. The van der Waals surface area contributed by atoms with Gasteiger partial charge >= 0.3 is 0 Å². The van der Waals surface area contributed by atoms with Crippen LogP contribution in [-0.2, 0) is 6.42 Å². The van der Waals surface area contributed by atoms with Crippen molar-refractivity contribution in [2.45, 2.75) is 19.3 Å². The first kappa shape index (κ1) is 12.3. The molecule has 0 radical (unpaired) electrons. The van der Waals surface area contributed by atoms with E-state index < -0.39 is 0 Å². The Morgan fingerprint density at radius 3 is 2.80 bits per heavy atom. The summed E-state index contributed by atoms with van der Waals surface area (Å²) in [6.45, 7) is 2.10. The Bertz CT molecular complexity index is 673. The van der Waals surface area contributed by atoms with Crippen molar-refractivity contribution in [3.63, 3.8) is 0 Å². The van der Waals surface area contributed by atoms with Crippen molar-refractivity contribution in [3.05, 3.63) is 42.0 Å². The molecule has 7 nitrogen and oxygen atoms in total. The molecule has 1 unspecified atom stereocenters. The van der Waals surface area contributed by atoms with Gasteiger partial charge in [0.1, 0.15) is 6.33 Å².